The first-order chi connectivity index (χ1) is 9.16. The van der Waals surface area contributed by atoms with Gasteiger partial charge < -0.3 is 0 Å². The molecule has 0 aliphatic heterocycles. The van der Waals surface area contributed by atoms with Crippen molar-refractivity contribution in [2.75, 3.05) is 22.9 Å². The van der Waals surface area contributed by atoms with Gasteiger partial charge in [0.2, 0.25) is 0 Å². The molecule has 0 atom stereocenters. The van der Waals surface area contributed by atoms with Gasteiger partial charge >= 0.3 is 174 Å². The van der Waals surface area contributed by atoms with E-state index in [4.69, 9.17) is 58.0 Å². The van der Waals surface area contributed by atoms with Gasteiger partial charge in [-0.3, -0.25) is 0 Å². The number of rotatable bonds is 5. The van der Waals surface area contributed by atoms with Crippen LogP contribution in [0.2, 0.25) is 25.1 Å². The summed E-state index contributed by atoms with van der Waals surface area (Å²) in [6.07, 6.45) is 3.05. The van der Waals surface area contributed by atoms with E-state index in [9.17, 15) is 0 Å². The van der Waals surface area contributed by atoms with Crippen molar-refractivity contribution in [3.63, 3.8) is 0 Å². The first kappa shape index (κ1) is 20.6. The van der Waals surface area contributed by atoms with Crippen LogP contribution in [-0.4, -0.2) is 22.9 Å². The average Bonchev–Trinajstić information content (AvgIpc) is 2.43. The van der Waals surface area contributed by atoms with Crippen LogP contribution in [0.3, 0.4) is 0 Å². The summed E-state index contributed by atoms with van der Waals surface area (Å²) in [4.78, 5) is 0. The number of hydrogen-bond donors (Lipinski definition) is 0. The molecule has 0 saturated carbocycles. The molecule has 0 amide bonds. The molecule has 0 N–H and O–H groups in total. The van der Waals surface area contributed by atoms with Crippen LogP contribution >= 0.6 is 107 Å². The van der Waals surface area contributed by atoms with E-state index in [1.165, 1.54) is 0 Å². The first-order valence-corrected chi connectivity index (χ1v) is 15.0. The number of halogens is 7. The Hall–Kier alpha value is 2.56. The molecule has 116 valence electrons. The third kappa shape index (κ3) is 3.48. The second kappa shape index (κ2) is 7.63. The van der Waals surface area contributed by atoms with Crippen LogP contribution in [-0.2, 0) is 0 Å². The molecule has 1 aromatic carbocycles. The molecule has 0 aliphatic carbocycles. The Morgan fingerprint density at radius 3 is 1.45 bits per heavy atom. The first-order valence-electron chi connectivity index (χ1n) is 5.97. The van der Waals surface area contributed by atoms with Gasteiger partial charge in [0.25, 0.3) is 0 Å². The monoisotopic (exact) mass is 618 g/mol. The molecule has 1 aromatic rings. The van der Waals surface area contributed by atoms with E-state index in [2.05, 4.69) is 58.5 Å². The standard InChI is InChI=1S/C12H14Cl5I2P/c1-3-20(19,4-2,6-5-18)12-10(16)8(14)7(13)9(15)11(12)17/h3-6H2,1-2H3. The maximum atomic E-state index is 6.51. The van der Waals surface area contributed by atoms with Gasteiger partial charge in [-0.25, -0.2) is 0 Å². The van der Waals surface area contributed by atoms with Crippen LogP contribution in [0.5, 0.6) is 0 Å². The summed E-state index contributed by atoms with van der Waals surface area (Å²) in [5.41, 5.74) is 0. The van der Waals surface area contributed by atoms with Crippen LogP contribution in [0.25, 0.3) is 0 Å². The topological polar surface area (TPSA) is 0 Å². The summed E-state index contributed by atoms with van der Waals surface area (Å²) in [7, 11) is 0. The van der Waals surface area contributed by atoms with Crippen molar-refractivity contribution in [2.24, 2.45) is 0 Å². The third-order valence-corrected chi connectivity index (χ3v) is 20.4. The molecule has 20 heavy (non-hydrogen) atoms. The Morgan fingerprint density at radius 2 is 1.15 bits per heavy atom. The second-order valence-corrected chi connectivity index (χ2v) is 20.4. The summed E-state index contributed by atoms with van der Waals surface area (Å²) in [5, 5.41) is 2.70. The van der Waals surface area contributed by atoms with Gasteiger partial charge in [-0.05, 0) is 0 Å². The van der Waals surface area contributed by atoms with Crippen molar-refractivity contribution < 1.29 is 0 Å². The zero-order chi connectivity index (χ0) is 15.7. The van der Waals surface area contributed by atoms with Gasteiger partial charge in [-0.1, -0.05) is 0 Å². The summed E-state index contributed by atoms with van der Waals surface area (Å²) in [6, 6.07) is 0. The number of alkyl halides is 1. The Bertz CT molecular complexity index is 502. The summed E-state index contributed by atoms with van der Waals surface area (Å²) in [5.74, 6) is 0. The van der Waals surface area contributed by atoms with E-state index in [1.54, 1.807) is 0 Å². The molecule has 0 radical (unpaired) electrons. The predicted molar refractivity (Wildman–Crippen MR) is 117 cm³/mol. The second-order valence-electron chi connectivity index (χ2n) is 4.55. The van der Waals surface area contributed by atoms with E-state index >= 15 is 0 Å². The Kier molecular flexibility index (Phi) is 7.86. The normalized spacial score (nSPS) is 14.2. The fourth-order valence-electron chi connectivity index (χ4n) is 2.25. The SMILES string of the molecule is CCP(I)(CC)(CCI)c1c(Cl)c(Cl)c(Cl)c(Cl)c1Cl. The van der Waals surface area contributed by atoms with Crippen LogP contribution in [0.4, 0.5) is 0 Å². The molecule has 8 heteroatoms. The minimum atomic E-state index is -2.31. The van der Waals surface area contributed by atoms with Gasteiger partial charge in [0.15, 0.2) is 0 Å². The summed E-state index contributed by atoms with van der Waals surface area (Å²) in [6.45, 7) is 4.37. The molecule has 0 spiro atoms. The van der Waals surface area contributed by atoms with Crippen molar-refractivity contribution in [2.45, 2.75) is 13.8 Å². The van der Waals surface area contributed by atoms with E-state index in [-0.39, 0.29) is 5.02 Å². The van der Waals surface area contributed by atoms with Crippen molar-refractivity contribution in [1.82, 2.24) is 0 Å². The van der Waals surface area contributed by atoms with Gasteiger partial charge in [-0.15, -0.1) is 0 Å². The average molecular weight is 620 g/mol. The van der Waals surface area contributed by atoms with Crippen LogP contribution in [0.15, 0.2) is 0 Å². The summed E-state index contributed by atoms with van der Waals surface area (Å²) >= 11 is 36.6. The van der Waals surface area contributed by atoms with E-state index in [0.717, 1.165) is 28.2 Å². The quantitative estimate of drug-likeness (QED) is 0.103. The Balaban J connectivity index is 3.84. The van der Waals surface area contributed by atoms with E-state index < -0.39 is 4.25 Å². The van der Waals surface area contributed by atoms with Crippen molar-refractivity contribution in [3.8, 4) is 0 Å². The van der Waals surface area contributed by atoms with Gasteiger partial charge in [0, 0.05) is 0 Å². The van der Waals surface area contributed by atoms with Crippen LogP contribution in [0, 0.1) is 0 Å². The zero-order valence-corrected chi connectivity index (χ0v) is 19.9. The predicted octanol–water partition coefficient (Wildman–Crippen LogP) is 7.96. The van der Waals surface area contributed by atoms with Crippen molar-refractivity contribution in [3.05, 3.63) is 25.1 Å². The summed E-state index contributed by atoms with van der Waals surface area (Å²) < 4.78 is -1.28. The molecular weight excluding hydrogens is 606 g/mol. The number of hydrogen-bond acceptors (Lipinski definition) is 0. The van der Waals surface area contributed by atoms with Crippen LogP contribution in [0.1, 0.15) is 13.8 Å². The van der Waals surface area contributed by atoms with E-state index in [0.29, 0.717) is 20.1 Å². The molecule has 0 fully saturated rings. The molecule has 0 bridgehead atoms. The third-order valence-electron chi connectivity index (χ3n) is 3.79. The number of benzene rings is 1. The minimum absolute atomic E-state index is 0.232. The van der Waals surface area contributed by atoms with Gasteiger partial charge in [0.05, 0.1) is 0 Å². The molecule has 0 aliphatic rings. The molecule has 0 unspecified atom stereocenters. The molecular formula is C12H14Cl5I2P. The van der Waals surface area contributed by atoms with Gasteiger partial charge in [-0.2, -0.15) is 0 Å². The van der Waals surface area contributed by atoms with Crippen molar-refractivity contribution >= 4 is 112 Å². The van der Waals surface area contributed by atoms with Gasteiger partial charge in [0.1, 0.15) is 0 Å². The fourth-order valence-corrected chi connectivity index (χ4v) is 17.7. The Morgan fingerprint density at radius 1 is 0.800 bits per heavy atom. The maximum absolute atomic E-state index is 6.51. The van der Waals surface area contributed by atoms with Crippen molar-refractivity contribution in [1.29, 1.82) is 0 Å². The molecule has 1 rings (SSSR count). The van der Waals surface area contributed by atoms with Crippen LogP contribution < -0.4 is 5.30 Å². The molecule has 0 aromatic heterocycles. The van der Waals surface area contributed by atoms with E-state index in [1.807, 2.05) is 0 Å². The molecule has 0 saturated heterocycles. The fraction of sp³-hybridized carbons (Fsp3) is 0.500. The zero-order valence-electron chi connectivity index (χ0n) is 10.9. The molecule has 0 heterocycles. The molecule has 0 nitrogen and oxygen atoms in total. The Labute approximate surface area is 172 Å².